The average molecular weight is 405 g/mol. The van der Waals surface area contributed by atoms with Crippen molar-refractivity contribution in [1.82, 2.24) is 19.9 Å². The number of aryl methyl sites for hydroxylation is 1. The number of fused-ring (bicyclic) bond motifs is 1. The first-order chi connectivity index (χ1) is 13.0. The van der Waals surface area contributed by atoms with Gasteiger partial charge in [-0.3, -0.25) is 14.2 Å². The number of thiophene rings is 1. The Morgan fingerprint density at radius 3 is 3.00 bits per heavy atom. The first-order valence-electron chi connectivity index (χ1n) is 9.03. The van der Waals surface area contributed by atoms with Gasteiger partial charge in [0.05, 0.1) is 11.3 Å². The van der Waals surface area contributed by atoms with Crippen LogP contribution in [0.15, 0.2) is 33.5 Å². The number of amides is 1. The van der Waals surface area contributed by atoms with E-state index < -0.39 is 0 Å². The van der Waals surface area contributed by atoms with Crippen molar-refractivity contribution >= 4 is 40.0 Å². The van der Waals surface area contributed by atoms with Gasteiger partial charge in [0.25, 0.3) is 5.56 Å². The number of hydrogen-bond acceptors (Lipinski definition) is 5. The largest absolute Gasteiger partial charge is 0.355 e. The molecule has 144 valence electrons. The summed E-state index contributed by atoms with van der Waals surface area (Å²) >= 11 is 3.00. The topological polar surface area (TPSA) is 79.8 Å². The van der Waals surface area contributed by atoms with E-state index in [1.165, 1.54) is 16.6 Å². The summed E-state index contributed by atoms with van der Waals surface area (Å²) in [6.07, 6.45) is 1.64. The van der Waals surface area contributed by atoms with Crippen LogP contribution in [0, 0.1) is 6.92 Å². The molecule has 0 aromatic carbocycles. The number of carbonyl (C=O) groups excluding carboxylic acids is 1. The van der Waals surface area contributed by atoms with Gasteiger partial charge in [-0.2, -0.15) is 0 Å². The molecule has 3 aromatic heterocycles. The Morgan fingerprint density at radius 2 is 2.30 bits per heavy atom. The summed E-state index contributed by atoms with van der Waals surface area (Å²) in [5, 5.41) is 5.56. The van der Waals surface area contributed by atoms with Gasteiger partial charge in [0, 0.05) is 23.2 Å². The molecular formula is C19H24N4O2S2. The molecule has 0 aliphatic rings. The SMILES string of the molecule is CC[C@@H](C)n1c(SCC(=O)NCCc2cccs2)nc2cc(C)[nH]c2c1=O. The lowest BCUT2D eigenvalue weighted by Gasteiger charge is -2.17. The molecule has 27 heavy (non-hydrogen) atoms. The number of rotatable bonds is 8. The summed E-state index contributed by atoms with van der Waals surface area (Å²) in [7, 11) is 0. The normalized spacial score (nSPS) is 12.4. The molecule has 8 heteroatoms. The predicted molar refractivity (Wildman–Crippen MR) is 112 cm³/mol. The fraction of sp³-hybridized carbons (Fsp3) is 0.421. The molecule has 0 saturated carbocycles. The van der Waals surface area contributed by atoms with Gasteiger partial charge in [0.15, 0.2) is 5.16 Å². The molecule has 0 unspecified atom stereocenters. The number of thioether (sulfide) groups is 1. The molecule has 3 heterocycles. The highest BCUT2D eigenvalue weighted by molar-refractivity contribution is 7.99. The lowest BCUT2D eigenvalue weighted by atomic mass is 10.2. The summed E-state index contributed by atoms with van der Waals surface area (Å²) in [6.45, 7) is 6.55. The summed E-state index contributed by atoms with van der Waals surface area (Å²) in [6, 6.07) is 5.95. The Balaban J connectivity index is 1.71. The van der Waals surface area contributed by atoms with Crippen LogP contribution in [-0.4, -0.2) is 32.7 Å². The quantitative estimate of drug-likeness (QED) is 0.445. The molecule has 0 radical (unpaired) electrons. The minimum Gasteiger partial charge on any atom is -0.355 e. The second kappa shape index (κ2) is 8.75. The third-order valence-electron chi connectivity index (χ3n) is 4.42. The maximum Gasteiger partial charge on any atom is 0.278 e. The summed E-state index contributed by atoms with van der Waals surface area (Å²) < 4.78 is 1.70. The van der Waals surface area contributed by atoms with Crippen LogP contribution >= 0.6 is 23.1 Å². The Bertz CT molecular complexity index is 976. The van der Waals surface area contributed by atoms with Crippen LogP contribution in [-0.2, 0) is 11.2 Å². The van der Waals surface area contributed by atoms with E-state index in [1.807, 2.05) is 38.3 Å². The Labute approximate surface area is 166 Å². The highest BCUT2D eigenvalue weighted by atomic mass is 32.2. The average Bonchev–Trinajstić information content (AvgIpc) is 3.28. The molecule has 3 aromatic rings. The monoisotopic (exact) mass is 404 g/mol. The second-order valence-corrected chi connectivity index (χ2v) is 8.48. The zero-order valence-corrected chi connectivity index (χ0v) is 17.4. The summed E-state index contributed by atoms with van der Waals surface area (Å²) in [5.74, 6) is 0.189. The van der Waals surface area contributed by atoms with Gasteiger partial charge >= 0.3 is 0 Å². The summed E-state index contributed by atoms with van der Waals surface area (Å²) in [5.41, 5.74) is 2.00. The van der Waals surface area contributed by atoms with Gasteiger partial charge < -0.3 is 10.3 Å². The number of hydrogen-bond donors (Lipinski definition) is 2. The molecule has 0 aliphatic carbocycles. The molecule has 0 saturated heterocycles. The van der Waals surface area contributed by atoms with Crippen LogP contribution in [0.3, 0.4) is 0 Å². The van der Waals surface area contributed by atoms with E-state index in [4.69, 9.17) is 0 Å². The van der Waals surface area contributed by atoms with Crippen molar-refractivity contribution in [2.24, 2.45) is 0 Å². The predicted octanol–water partition coefficient (Wildman–Crippen LogP) is 3.52. The minimum atomic E-state index is -0.0805. The second-order valence-electron chi connectivity index (χ2n) is 6.51. The molecular weight excluding hydrogens is 380 g/mol. The lowest BCUT2D eigenvalue weighted by Crippen LogP contribution is -2.29. The molecule has 0 aliphatic heterocycles. The number of carbonyl (C=O) groups is 1. The molecule has 0 fully saturated rings. The standard InChI is InChI=1S/C19H24N4O2S2/c1-4-13(3)23-18(25)17-15(10-12(2)21-17)22-19(23)27-11-16(24)20-8-7-14-6-5-9-26-14/h5-6,9-10,13,21H,4,7-8,11H2,1-3H3,(H,20,24)/t13-/m1/s1. The van der Waals surface area contributed by atoms with Crippen LogP contribution in [0.5, 0.6) is 0 Å². The van der Waals surface area contributed by atoms with Crippen molar-refractivity contribution in [3.63, 3.8) is 0 Å². The van der Waals surface area contributed by atoms with E-state index >= 15 is 0 Å². The van der Waals surface area contributed by atoms with Crippen LogP contribution in [0.1, 0.15) is 36.9 Å². The molecule has 6 nitrogen and oxygen atoms in total. The van der Waals surface area contributed by atoms with Crippen molar-refractivity contribution in [2.45, 2.75) is 44.8 Å². The fourth-order valence-corrected chi connectivity index (χ4v) is 4.46. The van der Waals surface area contributed by atoms with E-state index in [-0.39, 0.29) is 23.3 Å². The van der Waals surface area contributed by atoms with E-state index in [0.29, 0.717) is 22.7 Å². The van der Waals surface area contributed by atoms with E-state index in [2.05, 4.69) is 21.4 Å². The van der Waals surface area contributed by atoms with Crippen LogP contribution in [0.4, 0.5) is 0 Å². The number of H-pyrrole nitrogens is 1. The number of aromatic nitrogens is 3. The third-order valence-corrected chi connectivity index (χ3v) is 6.31. The van der Waals surface area contributed by atoms with Crippen LogP contribution < -0.4 is 10.9 Å². The minimum absolute atomic E-state index is 0.0161. The lowest BCUT2D eigenvalue weighted by molar-refractivity contribution is -0.118. The maximum atomic E-state index is 12.9. The molecule has 1 atom stereocenters. The third kappa shape index (κ3) is 4.62. The molecule has 0 spiro atoms. The van der Waals surface area contributed by atoms with E-state index in [1.54, 1.807) is 15.9 Å². The summed E-state index contributed by atoms with van der Waals surface area (Å²) in [4.78, 5) is 34.1. The van der Waals surface area contributed by atoms with Gasteiger partial charge in [0.2, 0.25) is 5.91 Å². The van der Waals surface area contributed by atoms with Gasteiger partial charge in [-0.15, -0.1) is 11.3 Å². The van der Waals surface area contributed by atoms with Crippen molar-refractivity contribution < 1.29 is 4.79 Å². The van der Waals surface area contributed by atoms with Crippen LogP contribution in [0.25, 0.3) is 11.0 Å². The number of nitrogens with one attached hydrogen (secondary N) is 2. The first kappa shape index (κ1) is 19.7. The van der Waals surface area contributed by atoms with Gasteiger partial charge in [-0.05, 0) is 44.2 Å². The van der Waals surface area contributed by atoms with E-state index in [0.717, 1.165) is 18.5 Å². The van der Waals surface area contributed by atoms with Crippen LogP contribution in [0.2, 0.25) is 0 Å². The smallest absolute Gasteiger partial charge is 0.278 e. The van der Waals surface area contributed by atoms with Crippen molar-refractivity contribution in [3.05, 3.63) is 44.5 Å². The highest BCUT2D eigenvalue weighted by Crippen LogP contribution is 2.22. The van der Waals surface area contributed by atoms with E-state index in [9.17, 15) is 9.59 Å². The number of nitrogens with zero attached hydrogens (tertiary/aromatic N) is 2. The van der Waals surface area contributed by atoms with Gasteiger partial charge in [-0.25, -0.2) is 4.98 Å². The van der Waals surface area contributed by atoms with Crippen molar-refractivity contribution in [3.8, 4) is 0 Å². The fourth-order valence-electron chi connectivity index (χ4n) is 2.82. The molecule has 2 N–H and O–H groups in total. The molecule has 0 bridgehead atoms. The molecule has 3 rings (SSSR count). The van der Waals surface area contributed by atoms with Gasteiger partial charge in [0.1, 0.15) is 5.52 Å². The Hall–Kier alpha value is -2.06. The highest BCUT2D eigenvalue weighted by Gasteiger charge is 2.17. The zero-order chi connectivity index (χ0) is 19.4. The molecule has 1 amide bonds. The maximum absolute atomic E-state index is 12.9. The Morgan fingerprint density at radius 1 is 1.48 bits per heavy atom. The van der Waals surface area contributed by atoms with Crippen molar-refractivity contribution in [1.29, 1.82) is 0 Å². The zero-order valence-electron chi connectivity index (χ0n) is 15.7. The van der Waals surface area contributed by atoms with Gasteiger partial charge in [-0.1, -0.05) is 24.8 Å². The Kier molecular flexibility index (Phi) is 6.38. The first-order valence-corrected chi connectivity index (χ1v) is 10.9. The number of aromatic amines is 1. The van der Waals surface area contributed by atoms with Crippen molar-refractivity contribution in [2.75, 3.05) is 12.3 Å².